The van der Waals surface area contributed by atoms with Crippen LogP contribution in [0.5, 0.6) is 5.75 Å². The van der Waals surface area contributed by atoms with E-state index in [1.165, 1.54) is 6.33 Å². The molecule has 3 nitrogen and oxygen atoms in total. The lowest BCUT2D eigenvalue weighted by atomic mass is 10.2. The van der Waals surface area contributed by atoms with Gasteiger partial charge in [-0.2, -0.15) is 8.78 Å². The first-order valence-corrected chi connectivity index (χ1v) is 5.30. The maximum atomic E-state index is 12.2. The molecule has 0 radical (unpaired) electrons. The standard InChI is InChI=1S/C9H7BrF2N2O/c10-3-5-1-2-6-7(14-4-13-6)8(5)15-9(11)12/h1-2,4,9H,3H2,(H,13,14). The van der Waals surface area contributed by atoms with Crippen LogP contribution in [0.25, 0.3) is 11.0 Å². The van der Waals surface area contributed by atoms with Crippen LogP contribution in [0.4, 0.5) is 8.78 Å². The van der Waals surface area contributed by atoms with Gasteiger partial charge in [0.2, 0.25) is 0 Å². The largest absolute Gasteiger partial charge is 0.432 e. The Bertz CT molecular complexity index is 472. The van der Waals surface area contributed by atoms with E-state index in [-0.39, 0.29) is 5.75 Å². The summed E-state index contributed by atoms with van der Waals surface area (Å²) in [6.07, 6.45) is 1.45. The monoisotopic (exact) mass is 276 g/mol. The SMILES string of the molecule is FC(F)Oc1c(CBr)ccc2[nH]cnc12. The first kappa shape index (κ1) is 10.4. The third-order valence-corrected chi connectivity index (χ3v) is 2.58. The zero-order valence-electron chi connectivity index (χ0n) is 7.51. The van der Waals surface area contributed by atoms with E-state index in [0.717, 1.165) is 0 Å². The Morgan fingerprint density at radius 2 is 2.27 bits per heavy atom. The molecule has 6 heteroatoms. The normalized spacial score (nSPS) is 11.2. The number of aromatic amines is 1. The second-order valence-electron chi connectivity index (χ2n) is 2.86. The van der Waals surface area contributed by atoms with Crippen molar-refractivity contribution in [3.05, 3.63) is 24.0 Å². The molecular formula is C9H7BrF2N2O. The number of imidazole rings is 1. The van der Waals surface area contributed by atoms with Crippen LogP contribution in [-0.2, 0) is 5.33 Å². The highest BCUT2D eigenvalue weighted by Gasteiger charge is 2.14. The summed E-state index contributed by atoms with van der Waals surface area (Å²) in [5.41, 5.74) is 1.75. The number of nitrogens with one attached hydrogen (secondary N) is 1. The number of aromatic nitrogens is 2. The predicted octanol–water partition coefficient (Wildman–Crippen LogP) is 3.06. The third kappa shape index (κ3) is 1.94. The lowest BCUT2D eigenvalue weighted by molar-refractivity contribution is -0.0493. The molecule has 0 aliphatic carbocycles. The zero-order chi connectivity index (χ0) is 10.8. The van der Waals surface area contributed by atoms with Crippen molar-refractivity contribution in [1.29, 1.82) is 0 Å². The summed E-state index contributed by atoms with van der Waals surface area (Å²) in [5, 5.41) is 0.442. The van der Waals surface area contributed by atoms with Crippen molar-refractivity contribution in [2.75, 3.05) is 0 Å². The van der Waals surface area contributed by atoms with Crippen LogP contribution in [0.3, 0.4) is 0 Å². The molecule has 15 heavy (non-hydrogen) atoms. The quantitative estimate of drug-likeness (QED) is 0.875. The number of rotatable bonds is 3. The number of H-pyrrole nitrogens is 1. The fourth-order valence-electron chi connectivity index (χ4n) is 1.35. The van der Waals surface area contributed by atoms with Gasteiger partial charge in [-0.05, 0) is 6.07 Å². The highest BCUT2D eigenvalue weighted by molar-refractivity contribution is 9.08. The lowest BCUT2D eigenvalue weighted by Crippen LogP contribution is -2.04. The molecule has 1 N–H and O–H groups in total. The van der Waals surface area contributed by atoms with E-state index in [2.05, 4.69) is 30.6 Å². The Balaban J connectivity index is 2.58. The van der Waals surface area contributed by atoms with Gasteiger partial charge in [-0.3, -0.25) is 0 Å². The number of benzene rings is 1. The summed E-state index contributed by atoms with van der Waals surface area (Å²) in [6, 6.07) is 3.49. The van der Waals surface area contributed by atoms with Crippen molar-refractivity contribution >= 4 is 27.0 Å². The van der Waals surface area contributed by atoms with E-state index in [1.54, 1.807) is 12.1 Å². The summed E-state index contributed by atoms with van der Waals surface area (Å²) in [4.78, 5) is 6.78. The van der Waals surface area contributed by atoms with Gasteiger partial charge in [0.1, 0.15) is 5.52 Å². The van der Waals surface area contributed by atoms with Crippen molar-refractivity contribution in [2.24, 2.45) is 0 Å². The van der Waals surface area contributed by atoms with Crippen LogP contribution in [-0.4, -0.2) is 16.6 Å². The molecule has 0 aliphatic heterocycles. The minimum atomic E-state index is -2.84. The number of halogens is 3. The van der Waals surface area contributed by atoms with Gasteiger partial charge in [-0.1, -0.05) is 22.0 Å². The van der Waals surface area contributed by atoms with E-state index >= 15 is 0 Å². The average Bonchev–Trinajstić information content (AvgIpc) is 2.65. The first-order valence-electron chi connectivity index (χ1n) is 4.18. The number of ether oxygens (including phenoxy) is 1. The number of fused-ring (bicyclic) bond motifs is 1. The van der Waals surface area contributed by atoms with E-state index in [1.807, 2.05) is 0 Å². The third-order valence-electron chi connectivity index (χ3n) is 1.98. The second kappa shape index (κ2) is 4.14. The van der Waals surface area contributed by atoms with Gasteiger partial charge < -0.3 is 9.72 Å². The molecule has 0 amide bonds. The Hall–Kier alpha value is -1.17. The number of nitrogens with zero attached hydrogens (tertiary/aromatic N) is 1. The second-order valence-corrected chi connectivity index (χ2v) is 3.43. The van der Waals surface area contributed by atoms with Crippen LogP contribution < -0.4 is 4.74 Å². The smallest absolute Gasteiger partial charge is 0.387 e. The van der Waals surface area contributed by atoms with Crippen molar-refractivity contribution in [2.45, 2.75) is 11.9 Å². The van der Waals surface area contributed by atoms with Crippen LogP contribution >= 0.6 is 15.9 Å². The predicted molar refractivity (Wildman–Crippen MR) is 55.4 cm³/mol. The Labute approximate surface area is 92.6 Å². The molecule has 0 bridgehead atoms. The summed E-state index contributed by atoms with van der Waals surface area (Å²) in [7, 11) is 0. The van der Waals surface area contributed by atoms with Crippen molar-refractivity contribution < 1.29 is 13.5 Å². The molecule has 1 aromatic heterocycles. The van der Waals surface area contributed by atoms with Gasteiger partial charge in [0.05, 0.1) is 11.8 Å². The Morgan fingerprint density at radius 1 is 1.47 bits per heavy atom. The summed E-state index contributed by atoms with van der Waals surface area (Å²) >= 11 is 3.21. The topological polar surface area (TPSA) is 37.9 Å². The van der Waals surface area contributed by atoms with Crippen LogP contribution in [0.1, 0.15) is 5.56 Å². The molecule has 1 aromatic carbocycles. The molecule has 0 atom stereocenters. The summed E-state index contributed by atoms with van der Waals surface area (Å²) in [6.45, 7) is -2.84. The van der Waals surface area contributed by atoms with Gasteiger partial charge in [0.15, 0.2) is 5.75 Å². The fourth-order valence-corrected chi connectivity index (χ4v) is 1.79. The highest BCUT2D eigenvalue weighted by atomic mass is 79.9. The zero-order valence-corrected chi connectivity index (χ0v) is 9.09. The number of hydrogen-bond donors (Lipinski definition) is 1. The molecule has 0 spiro atoms. The number of hydrogen-bond acceptors (Lipinski definition) is 2. The van der Waals surface area contributed by atoms with Gasteiger partial charge in [-0.25, -0.2) is 4.98 Å². The highest BCUT2D eigenvalue weighted by Crippen LogP contribution is 2.30. The van der Waals surface area contributed by atoms with Crippen LogP contribution in [0.2, 0.25) is 0 Å². The van der Waals surface area contributed by atoms with E-state index in [4.69, 9.17) is 0 Å². The van der Waals surface area contributed by atoms with Gasteiger partial charge in [0, 0.05) is 10.9 Å². The molecule has 0 unspecified atom stereocenters. The molecule has 0 saturated carbocycles. The fraction of sp³-hybridized carbons (Fsp3) is 0.222. The van der Waals surface area contributed by atoms with Crippen molar-refractivity contribution in [3.8, 4) is 5.75 Å². The van der Waals surface area contributed by atoms with Crippen LogP contribution in [0.15, 0.2) is 18.5 Å². The molecular weight excluding hydrogens is 270 g/mol. The van der Waals surface area contributed by atoms with Gasteiger partial charge >= 0.3 is 6.61 Å². The maximum absolute atomic E-state index is 12.2. The average molecular weight is 277 g/mol. The molecule has 80 valence electrons. The summed E-state index contributed by atoms with van der Waals surface area (Å²) < 4.78 is 28.9. The first-order chi connectivity index (χ1) is 7.22. The van der Waals surface area contributed by atoms with Crippen LogP contribution in [0, 0.1) is 0 Å². The molecule has 0 aliphatic rings. The molecule has 0 saturated heterocycles. The van der Waals surface area contributed by atoms with E-state index < -0.39 is 6.61 Å². The number of alkyl halides is 3. The van der Waals surface area contributed by atoms with Crippen molar-refractivity contribution in [3.63, 3.8) is 0 Å². The van der Waals surface area contributed by atoms with E-state index in [0.29, 0.717) is 21.9 Å². The lowest BCUT2D eigenvalue weighted by Gasteiger charge is -2.09. The van der Waals surface area contributed by atoms with Crippen molar-refractivity contribution in [1.82, 2.24) is 9.97 Å². The maximum Gasteiger partial charge on any atom is 0.387 e. The van der Waals surface area contributed by atoms with E-state index in [9.17, 15) is 8.78 Å². The Morgan fingerprint density at radius 3 is 2.93 bits per heavy atom. The molecule has 2 rings (SSSR count). The minimum absolute atomic E-state index is 0.126. The Kier molecular flexibility index (Phi) is 2.86. The minimum Gasteiger partial charge on any atom is -0.432 e. The molecule has 0 fully saturated rings. The van der Waals surface area contributed by atoms with Gasteiger partial charge in [-0.15, -0.1) is 0 Å². The molecule has 2 aromatic rings. The van der Waals surface area contributed by atoms with Gasteiger partial charge in [0.25, 0.3) is 0 Å². The molecule has 1 heterocycles. The summed E-state index contributed by atoms with van der Waals surface area (Å²) in [5.74, 6) is 0.126.